The van der Waals surface area contributed by atoms with Gasteiger partial charge in [-0.3, -0.25) is 0 Å². The van der Waals surface area contributed by atoms with Crippen LogP contribution in [0.15, 0.2) is 29.3 Å². The molecule has 1 spiro atoms. The molecule has 1 aromatic carbocycles. The third-order valence-electron chi connectivity index (χ3n) is 6.68. The fraction of sp³-hybridized carbons (Fsp3) is 0.481. The first-order valence-corrected chi connectivity index (χ1v) is 14.6. The molecule has 0 saturated carbocycles. The number of piperidine rings is 1. The maximum absolute atomic E-state index is 12.7. The van der Waals surface area contributed by atoms with Gasteiger partial charge in [0.2, 0.25) is 0 Å². The second-order valence-corrected chi connectivity index (χ2v) is 12.6. The third-order valence-corrected chi connectivity index (χ3v) is 8.09. The first-order valence-electron chi connectivity index (χ1n) is 13.3. The second kappa shape index (κ2) is 12.8. The molecule has 41 heavy (non-hydrogen) atoms. The van der Waals surface area contributed by atoms with Gasteiger partial charge in [-0.05, 0) is 20.8 Å². The number of nitrogens with two attached hydrogens (primary N) is 2. The van der Waals surface area contributed by atoms with Crippen LogP contribution in [0.2, 0.25) is 5.15 Å². The summed E-state index contributed by atoms with van der Waals surface area (Å²) in [5, 5.41) is 6.04. The molecule has 4 rings (SSSR count). The summed E-state index contributed by atoms with van der Waals surface area (Å²) in [5.41, 5.74) is 11.7. The van der Waals surface area contributed by atoms with Crippen molar-refractivity contribution >= 4 is 45.1 Å². The van der Waals surface area contributed by atoms with Crippen LogP contribution in [-0.4, -0.2) is 74.1 Å². The van der Waals surface area contributed by atoms with E-state index in [1.54, 1.807) is 0 Å². The summed E-state index contributed by atoms with van der Waals surface area (Å²) in [5.74, 6) is -0.0471. The fourth-order valence-corrected chi connectivity index (χ4v) is 5.38. The average molecular weight is 667 g/mol. The van der Waals surface area contributed by atoms with Gasteiger partial charge >= 0.3 is 212 Å². The Morgan fingerprint density at radius 2 is 1.83 bits per heavy atom. The van der Waals surface area contributed by atoms with Crippen LogP contribution in [0.3, 0.4) is 0 Å². The number of benzene rings is 1. The molecule has 0 unspecified atom stereocenters. The molecule has 1 amide bonds. The summed E-state index contributed by atoms with van der Waals surface area (Å²) in [7, 11) is 0. The van der Waals surface area contributed by atoms with Gasteiger partial charge in [0.05, 0.1) is 0 Å². The molecule has 1 saturated heterocycles. The number of likely N-dealkylation sites (tertiary alicyclic amines) is 1. The SMILES string of the molecule is CC(C)(C)OC(=O)COc1ccc(CC[C](=[Mo])N2CCC3(CC2)CN=C(NC(=O)c2nc(Cl)c(N)nc2N)N3)cc1. The number of carbonyl (C=O) groups is 2. The van der Waals surface area contributed by atoms with E-state index in [1.807, 2.05) is 45.0 Å². The van der Waals surface area contributed by atoms with Gasteiger partial charge in [-0.25, -0.2) is 0 Å². The van der Waals surface area contributed by atoms with Crippen molar-refractivity contribution in [1.82, 2.24) is 25.5 Å². The van der Waals surface area contributed by atoms with E-state index in [-0.39, 0.29) is 40.6 Å². The van der Waals surface area contributed by atoms with Gasteiger partial charge in [0, 0.05) is 0 Å². The van der Waals surface area contributed by atoms with Gasteiger partial charge in [0.1, 0.15) is 0 Å². The number of amides is 1. The summed E-state index contributed by atoms with van der Waals surface area (Å²) in [4.78, 5) is 39.2. The van der Waals surface area contributed by atoms with E-state index in [1.165, 1.54) is 9.59 Å². The molecule has 1 aromatic heterocycles. The Morgan fingerprint density at radius 1 is 1.15 bits per heavy atom. The number of esters is 1. The number of hydrogen-bond acceptors (Lipinski definition) is 11. The number of halogens is 1. The molecule has 14 heteroatoms. The molecule has 220 valence electrons. The molecular formula is C27H35ClMoN8O4. The number of nitrogens with zero attached hydrogens (tertiary/aromatic N) is 4. The van der Waals surface area contributed by atoms with E-state index in [4.69, 9.17) is 32.5 Å². The first kappa shape index (κ1) is 30.9. The fourth-order valence-electron chi connectivity index (χ4n) is 4.55. The summed E-state index contributed by atoms with van der Waals surface area (Å²) in [6.07, 6.45) is 3.61. The number of nitrogen functional groups attached to an aromatic ring is 2. The number of hydrogen-bond donors (Lipinski definition) is 4. The summed E-state index contributed by atoms with van der Waals surface area (Å²) in [6.45, 7) is 7.72. The second-order valence-electron chi connectivity index (χ2n) is 11.1. The van der Waals surface area contributed by atoms with Gasteiger partial charge in [-0.2, -0.15) is 0 Å². The molecule has 3 heterocycles. The molecule has 0 bridgehead atoms. The molecule has 2 aliphatic heterocycles. The molecule has 2 aromatic rings. The molecule has 0 aliphatic carbocycles. The van der Waals surface area contributed by atoms with E-state index in [0.29, 0.717) is 18.3 Å². The molecule has 6 N–H and O–H groups in total. The summed E-state index contributed by atoms with van der Waals surface area (Å²) in [6, 6.07) is 7.81. The predicted octanol–water partition coefficient (Wildman–Crippen LogP) is 1.85. The number of anilines is 2. The Balaban J connectivity index is 1.19. The average Bonchev–Trinajstić information content (AvgIpc) is 3.29. The molecule has 1 fully saturated rings. The van der Waals surface area contributed by atoms with Gasteiger partial charge in [-0.15, -0.1) is 0 Å². The predicted molar refractivity (Wildman–Crippen MR) is 153 cm³/mol. The molecule has 0 atom stereocenters. The third kappa shape index (κ3) is 8.47. The number of rotatable bonds is 8. The van der Waals surface area contributed by atoms with Crippen LogP contribution in [0.25, 0.3) is 0 Å². The van der Waals surface area contributed by atoms with E-state index < -0.39 is 11.5 Å². The summed E-state index contributed by atoms with van der Waals surface area (Å²) >= 11 is 7.98. The molecule has 12 nitrogen and oxygen atoms in total. The van der Waals surface area contributed by atoms with Crippen molar-refractivity contribution in [2.75, 3.05) is 37.7 Å². The van der Waals surface area contributed by atoms with Crippen LogP contribution in [0.1, 0.15) is 56.1 Å². The maximum atomic E-state index is 12.7. The zero-order chi connectivity index (χ0) is 29.8. The van der Waals surface area contributed by atoms with E-state index in [9.17, 15) is 9.59 Å². The van der Waals surface area contributed by atoms with E-state index in [0.717, 1.165) is 38.8 Å². The number of aliphatic imine (C=N–C) groups is 1. The van der Waals surface area contributed by atoms with Crippen molar-refractivity contribution in [2.45, 2.75) is 57.6 Å². The van der Waals surface area contributed by atoms with Crippen molar-refractivity contribution < 1.29 is 38.4 Å². The minimum atomic E-state index is -0.551. The van der Waals surface area contributed by atoms with Crippen LogP contribution in [-0.2, 0) is 35.3 Å². The van der Waals surface area contributed by atoms with Gasteiger partial charge in [0.25, 0.3) is 0 Å². The quantitative estimate of drug-likeness (QED) is 0.241. The zero-order valence-electron chi connectivity index (χ0n) is 23.3. The molecule has 0 radical (unpaired) electrons. The normalized spacial score (nSPS) is 16.5. The van der Waals surface area contributed by atoms with Crippen LogP contribution < -0.4 is 26.8 Å². The topological polar surface area (TPSA) is 170 Å². The van der Waals surface area contributed by atoms with Gasteiger partial charge < -0.3 is 5.73 Å². The van der Waals surface area contributed by atoms with Crippen molar-refractivity contribution in [1.29, 1.82) is 0 Å². The number of aromatic nitrogens is 2. The Kier molecular flexibility index (Phi) is 9.66. The van der Waals surface area contributed by atoms with Crippen molar-refractivity contribution in [3.05, 3.63) is 40.7 Å². The van der Waals surface area contributed by atoms with E-state index >= 15 is 0 Å². The Bertz CT molecular complexity index is 1340. The van der Waals surface area contributed by atoms with Crippen LogP contribution in [0, 0.1) is 0 Å². The van der Waals surface area contributed by atoms with Crippen molar-refractivity contribution in [3.63, 3.8) is 0 Å². The Morgan fingerprint density at radius 3 is 2.49 bits per heavy atom. The molecule has 2 aliphatic rings. The number of carbonyl (C=O) groups excluding carboxylic acids is 2. The van der Waals surface area contributed by atoms with Crippen molar-refractivity contribution in [3.8, 4) is 5.75 Å². The number of nitrogens with one attached hydrogen (secondary N) is 2. The standard InChI is InChI=1S/C27H35ClN8O4.Mo/c1-26(2,3)40-19(37)15-39-18-8-6-17(7-9-18)5-4-12-36-13-10-27(11-14-36)16-31-25(35-27)34-24(38)20-22(29)33-23(30)21(28)32-20;/h6-9H,4-5,10-11,13-16H2,1-3H3,(H4,29,30,33)(H2,31,34,35,38);. The monoisotopic (exact) mass is 668 g/mol. The van der Waals surface area contributed by atoms with Gasteiger partial charge in [-0.1, -0.05) is 11.6 Å². The minimum absolute atomic E-state index is 0.0327. The zero-order valence-corrected chi connectivity index (χ0v) is 26.1. The molecular weight excluding hydrogens is 632 g/mol. The van der Waals surface area contributed by atoms with Crippen LogP contribution in [0.4, 0.5) is 11.6 Å². The van der Waals surface area contributed by atoms with Crippen LogP contribution >= 0.6 is 11.6 Å². The number of ether oxygens (including phenoxy) is 2. The Hall–Kier alpha value is -3.08. The number of guanidine groups is 1. The summed E-state index contributed by atoms with van der Waals surface area (Å²) < 4.78 is 12.2. The van der Waals surface area contributed by atoms with Crippen LogP contribution in [0.5, 0.6) is 5.75 Å². The number of aryl methyl sites for hydroxylation is 1. The Labute approximate surface area is 255 Å². The van der Waals surface area contributed by atoms with E-state index in [2.05, 4.69) is 49.8 Å². The van der Waals surface area contributed by atoms with Crippen molar-refractivity contribution in [2.24, 2.45) is 4.99 Å². The van der Waals surface area contributed by atoms with Gasteiger partial charge in [0.15, 0.2) is 5.82 Å². The first-order chi connectivity index (χ1) is 19.3.